The number of nitrogens with zero attached hydrogens (tertiary/aromatic N) is 4. The van der Waals surface area contributed by atoms with E-state index in [0.717, 1.165) is 43.2 Å². The van der Waals surface area contributed by atoms with Crippen molar-refractivity contribution in [3.8, 4) is 5.75 Å². The van der Waals surface area contributed by atoms with E-state index in [1.165, 1.54) is 11.8 Å². The van der Waals surface area contributed by atoms with E-state index in [-0.39, 0.29) is 18.6 Å². The maximum atomic E-state index is 12.6. The molecule has 0 unspecified atom stereocenters. The van der Waals surface area contributed by atoms with Crippen molar-refractivity contribution >= 4 is 29.3 Å². The maximum absolute atomic E-state index is 12.6. The molecule has 158 valence electrons. The fourth-order valence-electron chi connectivity index (χ4n) is 3.46. The first kappa shape index (κ1) is 22.0. The van der Waals surface area contributed by atoms with E-state index in [1.54, 1.807) is 6.07 Å². The number of hydrogen-bond acceptors (Lipinski definition) is 5. The summed E-state index contributed by atoms with van der Waals surface area (Å²) in [7, 11) is 0. The third kappa shape index (κ3) is 5.45. The molecular formula is C21H29ClN4O2S. The lowest BCUT2D eigenvalue weighted by atomic mass is 10.2. The Bertz CT molecular complexity index is 821. The molecule has 1 amide bonds. The van der Waals surface area contributed by atoms with Gasteiger partial charge in [0, 0.05) is 18.6 Å². The first-order valence-electron chi connectivity index (χ1n) is 10.3. The first-order valence-corrected chi connectivity index (χ1v) is 11.7. The van der Waals surface area contributed by atoms with Crippen molar-refractivity contribution in [3.63, 3.8) is 0 Å². The van der Waals surface area contributed by atoms with Crippen LogP contribution in [0.25, 0.3) is 0 Å². The minimum Gasteiger partial charge on any atom is -0.484 e. The van der Waals surface area contributed by atoms with Crippen LogP contribution >= 0.6 is 23.4 Å². The highest BCUT2D eigenvalue weighted by molar-refractivity contribution is 7.99. The molecule has 8 heteroatoms. The predicted molar refractivity (Wildman–Crippen MR) is 117 cm³/mol. The van der Waals surface area contributed by atoms with Crippen LogP contribution in [0.2, 0.25) is 5.02 Å². The van der Waals surface area contributed by atoms with Gasteiger partial charge < -0.3 is 14.2 Å². The summed E-state index contributed by atoms with van der Waals surface area (Å²) in [6, 6.07) is 8.09. The fraction of sp³-hybridized carbons (Fsp3) is 0.571. The zero-order valence-electron chi connectivity index (χ0n) is 17.3. The zero-order valence-corrected chi connectivity index (χ0v) is 18.9. The van der Waals surface area contributed by atoms with Crippen molar-refractivity contribution in [2.45, 2.75) is 70.3 Å². The summed E-state index contributed by atoms with van der Waals surface area (Å²) < 4.78 is 8.02. The van der Waals surface area contributed by atoms with Crippen LogP contribution in [-0.4, -0.2) is 43.9 Å². The second kappa shape index (κ2) is 10.3. The molecule has 0 bridgehead atoms. The fourth-order valence-corrected chi connectivity index (χ4v) is 4.56. The number of thioether (sulfide) groups is 1. The molecule has 1 aliphatic carbocycles. The topological polar surface area (TPSA) is 60.2 Å². The Balaban J connectivity index is 1.73. The number of carbonyl (C=O) groups is 1. The van der Waals surface area contributed by atoms with Gasteiger partial charge in [0.05, 0.1) is 10.8 Å². The number of amides is 1. The Morgan fingerprint density at radius 2 is 2.00 bits per heavy atom. The lowest BCUT2D eigenvalue weighted by molar-refractivity contribution is -0.128. The van der Waals surface area contributed by atoms with E-state index < -0.39 is 0 Å². The predicted octanol–water partition coefficient (Wildman–Crippen LogP) is 4.97. The molecule has 3 rings (SSSR count). The molecule has 1 saturated carbocycles. The van der Waals surface area contributed by atoms with Crippen LogP contribution < -0.4 is 4.74 Å². The van der Waals surface area contributed by atoms with Gasteiger partial charge in [-0.25, -0.2) is 0 Å². The largest absolute Gasteiger partial charge is 0.484 e. The summed E-state index contributed by atoms with van der Waals surface area (Å²) in [5.74, 6) is 1.94. The van der Waals surface area contributed by atoms with Crippen molar-refractivity contribution in [1.82, 2.24) is 19.7 Å². The number of rotatable bonds is 11. The summed E-state index contributed by atoms with van der Waals surface area (Å²) >= 11 is 7.66. The molecule has 29 heavy (non-hydrogen) atoms. The molecule has 0 aliphatic heterocycles. The van der Waals surface area contributed by atoms with E-state index >= 15 is 0 Å². The Labute approximate surface area is 182 Å². The molecule has 6 nitrogen and oxygen atoms in total. The van der Waals surface area contributed by atoms with Crippen LogP contribution in [0, 0.1) is 0 Å². The van der Waals surface area contributed by atoms with Crippen molar-refractivity contribution in [1.29, 1.82) is 0 Å². The molecule has 1 fully saturated rings. The number of para-hydroxylation sites is 1. The third-order valence-electron chi connectivity index (χ3n) is 5.21. The van der Waals surface area contributed by atoms with Crippen LogP contribution in [-0.2, 0) is 11.4 Å². The summed E-state index contributed by atoms with van der Waals surface area (Å²) in [5, 5.41) is 10.1. The maximum Gasteiger partial charge on any atom is 0.233 e. The number of carbonyl (C=O) groups excluding carboxylic acids is 1. The van der Waals surface area contributed by atoms with Gasteiger partial charge in [0.2, 0.25) is 5.91 Å². The quantitative estimate of drug-likeness (QED) is 0.465. The van der Waals surface area contributed by atoms with E-state index in [9.17, 15) is 4.79 Å². The highest BCUT2D eigenvalue weighted by Crippen LogP contribution is 2.30. The normalized spacial score (nSPS) is 13.7. The van der Waals surface area contributed by atoms with Gasteiger partial charge in [-0.05, 0) is 44.7 Å². The molecule has 1 aromatic heterocycles. The number of halogens is 1. The van der Waals surface area contributed by atoms with E-state index in [4.69, 9.17) is 16.3 Å². The zero-order chi connectivity index (χ0) is 20.8. The minimum absolute atomic E-state index is 0.174. The van der Waals surface area contributed by atoms with Crippen LogP contribution in [0.3, 0.4) is 0 Å². The van der Waals surface area contributed by atoms with Gasteiger partial charge in [-0.2, -0.15) is 0 Å². The van der Waals surface area contributed by atoms with Crippen LogP contribution in [0.1, 0.15) is 58.3 Å². The monoisotopic (exact) mass is 436 g/mol. The average molecular weight is 437 g/mol. The van der Waals surface area contributed by atoms with Crippen molar-refractivity contribution in [2.75, 3.05) is 12.3 Å². The second-order valence-electron chi connectivity index (χ2n) is 7.16. The summed E-state index contributed by atoms with van der Waals surface area (Å²) in [6.45, 7) is 7.39. The van der Waals surface area contributed by atoms with Crippen LogP contribution in [0.15, 0.2) is 29.4 Å². The average Bonchev–Trinajstić information content (AvgIpc) is 3.48. The Morgan fingerprint density at radius 1 is 1.28 bits per heavy atom. The molecule has 1 aliphatic rings. The van der Waals surface area contributed by atoms with Gasteiger partial charge in [-0.1, -0.05) is 49.3 Å². The highest BCUT2D eigenvalue weighted by Gasteiger charge is 2.31. The van der Waals surface area contributed by atoms with Crippen LogP contribution in [0.5, 0.6) is 5.75 Å². The summed E-state index contributed by atoms with van der Waals surface area (Å²) in [6.07, 6.45) is 4.16. The third-order valence-corrected chi connectivity index (χ3v) is 6.45. The summed E-state index contributed by atoms with van der Waals surface area (Å²) in [4.78, 5) is 14.6. The standard InChI is InChI=1S/C21H29ClN4O2S/c1-4-15(5-2)26-19(13-28-18-10-8-7-9-17(18)22)23-24-21(26)29-14-20(27)25(6-3)16-11-12-16/h7-10,15-16H,4-6,11-14H2,1-3H3. The van der Waals surface area contributed by atoms with Gasteiger partial charge in [-0.15, -0.1) is 10.2 Å². The smallest absolute Gasteiger partial charge is 0.233 e. The molecule has 1 aromatic carbocycles. The second-order valence-corrected chi connectivity index (χ2v) is 8.51. The van der Waals surface area contributed by atoms with E-state index in [1.807, 2.05) is 30.0 Å². The number of ether oxygens (including phenoxy) is 1. The summed E-state index contributed by atoms with van der Waals surface area (Å²) in [5.41, 5.74) is 0. The van der Waals surface area contributed by atoms with Gasteiger partial charge in [0.15, 0.2) is 11.0 Å². The molecule has 0 N–H and O–H groups in total. The molecular weight excluding hydrogens is 408 g/mol. The number of aromatic nitrogens is 3. The number of hydrogen-bond donors (Lipinski definition) is 0. The molecule has 2 aromatic rings. The van der Waals surface area contributed by atoms with E-state index in [0.29, 0.717) is 22.6 Å². The lowest BCUT2D eigenvalue weighted by Gasteiger charge is -2.21. The highest BCUT2D eigenvalue weighted by atomic mass is 35.5. The minimum atomic E-state index is 0.174. The van der Waals surface area contributed by atoms with Crippen molar-refractivity contribution in [3.05, 3.63) is 35.1 Å². The van der Waals surface area contributed by atoms with Gasteiger partial charge in [-0.3, -0.25) is 4.79 Å². The lowest BCUT2D eigenvalue weighted by Crippen LogP contribution is -2.34. The molecule has 0 atom stereocenters. The van der Waals surface area contributed by atoms with Gasteiger partial charge in [0.1, 0.15) is 12.4 Å². The van der Waals surface area contributed by atoms with Gasteiger partial charge in [0.25, 0.3) is 0 Å². The molecule has 0 saturated heterocycles. The molecule has 0 radical (unpaired) electrons. The Morgan fingerprint density at radius 3 is 2.62 bits per heavy atom. The first-order chi connectivity index (χ1) is 14.1. The van der Waals surface area contributed by atoms with E-state index in [2.05, 4.69) is 28.6 Å². The SMILES string of the molecule is CCC(CC)n1c(COc2ccccc2Cl)nnc1SCC(=O)N(CC)C1CC1. The van der Waals surface area contributed by atoms with Crippen molar-refractivity contribution in [2.24, 2.45) is 0 Å². The number of benzene rings is 1. The molecule has 1 heterocycles. The van der Waals surface area contributed by atoms with Gasteiger partial charge >= 0.3 is 0 Å². The Hall–Kier alpha value is -1.73. The Kier molecular flexibility index (Phi) is 7.84. The van der Waals surface area contributed by atoms with Crippen molar-refractivity contribution < 1.29 is 9.53 Å². The molecule has 0 spiro atoms. The van der Waals surface area contributed by atoms with Crippen LogP contribution in [0.4, 0.5) is 0 Å².